The van der Waals surface area contributed by atoms with Gasteiger partial charge in [0.05, 0.1) is 22.8 Å². The Morgan fingerprint density at radius 1 is 1.64 bits per heavy atom. The molecule has 0 amide bonds. The number of aromatic nitrogens is 1. The molecule has 0 bridgehead atoms. The second-order valence-corrected chi connectivity index (χ2v) is 4.28. The minimum absolute atomic E-state index is 0.0328. The van der Waals surface area contributed by atoms with Crippen molar-refractivity contribution in [3.63, 3.8) is 0 Å². The first kappa shape index (κ1) is 7.25. The lowest BCUT2D eigenvalue weighted by molar-refractivity contribution is -0.0393. The molecular formula is C8H10NOS. The van der Waals surface area contributed by atoms with E-state index in [-0.39, 0.29) is 5.60 Å². The third-order valence-electron chi connectivity index (χ3n) is 1.86. The molecule has 0 saturated heterocycles. The van der Waals surface area contributed by atoms with E-state index in [1.807, 2.05) is 0 Å². The summed E-state index contributed by atoms with van der Waals surface area (Å²) in [6.07, 6.45) is 0.919. The largest absolute Gasteiger partial charge is 0.370 e. The highest BCUT2D eigenvalue weighted by Gasteiger charge is 2.27. The smallest absolute Gasteiger partial charge is 0.152 e. The second-order valence-electron chi connectivity index (χ2n) is 3.40. The highest BCUT2D eigenvalue weighted by atomic mass is 32.1. The van der Waals surface area contributed by atoms with Gasteiger partial charge in [0.1, 0.15) is 0 Å². The summed E-state index contributed by atoms with van der Waals surface area (Å²) in [5, 5.41) is 0. The molecule has 1 aromatic heterocycles. The zero-order chi connectivity index (χ0) is 7.90. The van der Waals surface area contributed by atoms with Crippen LogP contribution in [0.2, 0.25) is 0 Å². The standard InChI is InChI=1S/C8H10NOS/c1-8(2)3-6-7(4-10-8)11-5-9-6/h3-4H2,1-2H3. The van der Waals surface area contributed by atoms with E-state index in [9.17, 15) is 0 Å². The van der Waals surface area contributed by atoms with Crippen LogP contribution in [0.1, 0.15) is 24.4 Å². The Hall–Kier alpha value is -0.410. The number of ether oxygens (including phenoxy) is 1. The zero-order valence-corrected chi connectivity index (χ0v) is 7.49. The van der Waals surface area contributed by atoms with Crippen molar-refractivity contribution in [3.05, 3.63) is 16.1 Å². The fourth-order valence-electron chi connectivity index (χ4n) is 1.22. The maximum absolute atomic E-state index is 5.60. The van der Waals surface area contributed by atoms with Gasteiger partial charge in [-0.3, -0.25) is 0 Å². The van der Waals surface area contributed by atoms with Crippen LogP contribution in [0.25, 0.3) is 0 Å². The van der Waals surface area contributed by atoms with Gasteiger partial charge in [-0.15, -0.1) is 11.3 Å². The van der Waals surface area contributed by atoms with Gasteiger partial charge in [0.25, 0.3) is 0 Å². The van der Waals surface area contributed by atoms with Crippen molar-refractivity contribution in [2.24, 2.45) is 0 Å². The summed E-state index contributed by atoms with van der Waals surface area (Å²) < 4.78 is 5.60. The fourth-order valence-corrected chi connectivity index (χ4v) is 1.84. The van der Waals surface area contributed by atoms with E-state index in [0.717, 1.165) is 6.42 Å². The average molecular weight is 168 g/mol. The number of nitrogens with zero attached hydrogens (tertiary/aromatic N) is 1. The predicted octanol–water partition coefficient (Wildman–Crippen LogP) is 1.79. The summed E-state index contributed by atoms with van der Waals surface area (Å²) in [5.74, 6) is 0. The SMILES string of the molecule is CC1(C)Cc2n[c]sc2CO1. The quantitative estimate of drug-likeness (QED) is 0.589. The Balaban J connectivity index is 2.32. The van der Waals surface area contributed by atoms with Gasteiger partial charge < -0.3 is 4.74 Å². The second kappa shape index (κ2) is 2.29. The van der Waals surface area contributed by atoms with Gasteiger partial charge in [0, 0.05) is 6.42 Å². The molecular weight excluding hydrogens is 158 g/mol. The minimum Gasteiger partial charge on any atom is -0.370 e. The fraction of sp³-hybridized carbons (Fsp3) is 0.625. The lowest BCUT2D eigenvalue weighted by Crippen LogP contribution is -2.31. The molecule has 0 atom stereocenters. The number of hydrogen-bond donors (Lipinski definition) is 0. The summed E-state index contributed by atoms with van der Waals surface area (Å²) in [6.45, 7) is 4.90. The van der Waals surface area contributed by atoms with Crippen molar-refractivity contribution in [3.8, 4) is 0 Å². The monoisotopic (exact) mass is 168 g/mol. The van der Waals surface area contributed by atoms with Crippen LogP contribution in [0.3, 0.4) is 0 Å². The van der Waals surface area contributed by atoms with Crippen LogP contribution < -0.4 is 0 Å². The first-order chi connectivity index (χ1) is 5.17. The highest BCUT2D eigenvalue weighted by molar-refractivity contribution is 7.09. The van der Waals surface area contributed by atoms with Gasteiger partial charge >= 0.3 is 0 Å². The van der Waals surface area contributed by atoms with Crippen molar-refractivity contribution in [2.45, 2.75) is 32.5 Å². The Bertz CT molecular complexity index is 267. The molecule has 0 N–H and O–H groups in total. The van der Waals surface area contributed by atoms with Gasteiger partial charge in [0.2, 0.25) is 0 Å². The third kappa shape index (κ3) is 1.30. The Kier molecular flexibility index (Phi) is 1.51. The van der Waals surface area contributed by atoms with Crippen LogP contribution >= 0.6 is 11.3 Å². The van der Waals surface area contributed by atoms with E-state index in [2.05, 4.69) is 24.3 Å². The Labute approximate surface area is 70.2 Å². The summed E-state index contributed by atoms with van der Waals surface area (Å²) in [5.41, 5.74) is 4.03. The van der Waals surface area contributed by atoms with E-state index in [1.165, 1.54) is 10.6 Å². The predicted molar refractivity (Wildman–Crippen MR) is 43.5 cm³/mol. The number of fused-ring (bicyclic) bond motifs is 1. The molecule has 2 heterocycles. The van der Waals surface area contributed by atoms with Crippen LogP contribution in [-0.2, 0) is 17.8 Å². The van der Waals surface area contributed by atoms with Gasteiger partial charge in [-0.1, -0.05) is 0 Å². The third-order valence-corrected chi connectivity index (χ3v) is 2.64. The molecule has 1 aliphatic rings. The van der Waals surface area contributed by atoms with E-state index < -0.39 is 0 Å². The van der Waals surface area contributed by atoms with Gasteiger partial charge in [0.15, 0.2) is 5.51 Å². The summed E-state index contributed by atoms with van der Waals surface area (Å²) in [7, 11) is 0. The van der Waals surface area contributed by atoms with Gasteiger partial charge in [-0.2, -0.15) is 0 Å². The molecule has 0 fully saturated rings. The number of hydrogen-bond acceptors (Lipinski definition) is 3. The first-order valence-electron chi connectivity index (χ1n) is 3.66. The Morgan fingerprint density at radius 2 is 2.45 bits per heavy atom. The summed E-state index contributed by atoms with van der Waals surface area (Å²) >= 11 is 1.56. The van der Waals surface area contributed by atoms with Gasteiger partial charge in [-0.25, -0.2) is 4.98 Å². The summed E-state index contributed by atoms with van der Waals surface area (Å²) in [6, 6.07) is 0. The topological polar surface area (TPSA) is 22.1 Å². The van der Waals surface area contributed by atoms with Crippen molar-refractivity contribution < 1.29 is 4.74 Å². The molecule has 2 rings (SSSR count). The van der Waals surface area contributed by atoms with Crippen LogP contribution in [0.15, 0.2) is 0 Å². The Morgan fingerprint density at radius 3 is 3.27 bits per heavy atom. The zero-order valence-electron chi connectivity index (χ0n) is 6.68. The van der Waals surface area contributed by atoms with E-state index in [1.54, 1.807) is 11.3 Å². The molecule has 0 aromatic carbocycles. The first-order valence-corrected chi connectivity index (χ1v) is 4.48. The maximum atomic E-state index is 5.60. The molecule has 0 unspecified atom stereocenters. The summed E-state index contributed by atoms with van der Waals surface area (Å²) in [4.78, 5) is 5.41. The molecule has 59 valence electrons. The molecule has 0 aliphatic carbocycles. The van der Waals surface area contributed by atoms with Crippen LogP contribution in [0.5, 0.6) is 0 Å². The molecule has 11 heavy (non-hydrogen) atoms. The van der Waals surface area contributed by atoms with E-state index in [0.29, 0.717) is 6.61 Å². The molecule has 0 spiro atoms. The average Bonchev–Trinajstić information content (AvgIpc) is 2.31. The number of rotatable bonds is 0. The van der Waals surface area contributed by atoms with Crippen LogP contribution in [0.4, 0.5) is 0 Å². The van der Waals surface area contributed by atoms with Crippen LogP contribution in [-0.4, -0.2) is 10.6 Å². The van der Waals surface area contributed by atoms with Crippen molar-refractivity contribution in [1.29, 1.82) is 0 Å². The lowest BCUT2D eigenvalue weighted by Gasteiger charge is -2.28. The van der Waals surface area contributed by atoms with Crippen molar-refractivity contribution in [1.82, 2.24) is 4.98 Å². The molecule has 3 heteroatoms. The molecule has 1 aliphatic heterocycles. The van der Waals surface area contributed by atoms with Crippen molar-refractivity contribution >= 4 is 11.3 Å². The van der Waals surface area contributed by atoms with E-state index >= 15 is 0 Å². The maximum Gasteiger partial charge on any atom is 0.152 e. The minimum atomic E-state index is -0.0328. The molecule has 2 nitrogen and oxygen atoms in total. The highest BCUT2D eigenvalue weighted by Crippen LogP contribution is 2.28. The van der Waals surface area contributed by atoms with Crippen molar-refractivity contribution in [2.75, 3.05) is 0 Å². The van der Waals surface area contributed by atoms with E-state index in [4.69, 9.17) is 4.74 Å². The van der Waals surface area contributed by atoms with Crippen LogP contribution in [0, 0.1) is 5.51 Å². The molecule has 1 radical (unpaired) electrons. The normalized spacial score (nSPS) is 21.3. The lowest BCUT2D eigenvalue weighted by atomic mass is 10.00. The molecule has 0 saturated carbocycles. The van der Waals surface area contributed by atoms with Gasteiger partial charge in [-0.05, 0) is 13.8 Å². The number of thiazole rings is 1. The molecule has 1 aromatic rings.